The molecule has 0 bridgehead atoms. The molecule has 1 saturated heterocycles. The number of carbonyl (C=O) groups excluding carboxylic acids is 3. The van der Waals surface area contributed by atoms with Crippen LogP contribution in [0.3, 0.4) is 0 Å². The Morgan fingerprint density at radius 3 is 2.56 bits per heavy atom. The number of carbonyl (C=O) groups is 3. The maximum absolute atomic E-state index is 12.5. The second kappa shape index (κ2) is 10.9. The number of hydrogen-bond donors (Lipinski definition) is 0. The molecule has 2 amide bonds. The molecule has 1 aliphatic heterocycles. The Hall–Kier alpha value is -1.71. The zero-order valence-corrected chi connectivity index (χ0v) is 21.2. The van der Waals surface area contributed by atoms with Gasteiger partial charge in [-0.15, -0.1) is 0 Å². The van der Waals surface area contributed by atoms with Crippen molar-refractivity contribution in [1.82, 2.24) is 4.90 Å². The lowest BCUT2D eigenvalue weighted by Gasteiger charge is -2.12. The lowest BCUT2D eigenvalue weighted by molar-refractivity contribution is -0.145. The predicted molar refractivity (Wildman–Crippen MR) is 129 cm³/mol. The van der Waals surface area contributed by atoms with E-state index in [4.69, 9.17) is 44.3 Å². The van der Waals surface area contributed by atoms with E-state index in [1.165, 1.54) is 6.08 Å². The van der Waals surface area contributed by atoms with Gasteiger partial charge in [-0.3, -0.25) is 19.3 Å². The van der Waals surface area contributed by atoms with Crippen molar-refractivity contribution in [2.45, 2.75) is 13.5 Å². The smallest absolute Gasteiger partial charge is 0.326 e. The molecule has 0 aliphatic carbocycles. The Morgan fingerprint density at radius 1 is 1.16 bits per heavy atom. The molecule has 1 fully saturated rings. The van der Waals surface area contributed by atoms with Crippen molar-refractivity contribution in [3.63, 3.8) is 0 Å². The van der Waals surface area contributed by atoms with E-state index in [0.717, 1.165) is 22.2 Å². The summed E-state index contributed by atoms with van der Waals surface area (Å²) in [5.41, 5.74) is 1.30. The fourth-order valence-electron chi connectivity index (χ4n) is 2.71. The molecule has 0 radical (unpaired) electrons. The Bertz CT molecular complexity index is 1100. The van der Waals surface area contributed by atoms with Gasteiger partial charge in [0.1, 0.15) is 13.2 Å². The van der Waals surface area contributed by atoms with Gasteiger partial charge in [0, 0.05) is 15.6 Å². The molecule has 2 aromatic rings. The Morgan fingerprint density at radius 2 is 1.91 bits per heavy atom. The fourth-order valence-corrected chi connectivity index (χ4v) is 5.00. The van der Waals surface area contributed by atoms with Gasteiger partial charge in [-0.25, -0.2) is 0 Å². The number of ether oxygens (including phenoxy) is 2. The molecule has 168 valence electrons. The van der Waals surface area contributed by atoms with Crippen LogP contribution in [0.5, 0.6) is 5.75 Å². The summed E-state index contributed by atoms with van der Waals surface area (Å²) in [5.74, 6) is -0.826. The highest BCUT2D eigenvalue weighted by Gasteiger charge is 2.36. The molecule has 32 heavy (non-hydrogen) atoms. The summed E-state index contributed by atoms with van der Waals surface area (Å²) < 4.78 is 11.2. The lowest BCUT2D eigenvalue weighted by atomic mass is 10.2. The van der Waals surface area contributed by atoms with Crippen LogP contribution in [0.15, 0.2) is 39.7 Å². The first kappa shape index (κ1) is 24.9. The minimum atomic E-state index is -0.649. The summed E-state index contributed by atoms with van der Waals surface area (Å²) in [7, 11) is 0. The standard InChI is InChI=1S/C21H15BrCl3NO5S/c1-2-30-18(27)9-26-20(28)17(32-21(26)29)7-11-5-14(22)19(16(25)6-11)31-10-12-3-4-13(23)8-15(12)24/h3-8H,2,9-10H2,1H3/b17-7+. The third-order valence-electron chi connectivity index (χ3n) is 4.17. The van der Waals surface area contributed by atoms with Gasteiger partial charge in [0.2, 0.25) is 0 Å². The Kier molecular flexibility index (Phi) is 8.52. The molecule has 0 unspecified atom stereocenters. The molecule has 1 heterocycles. The average molecular weight is 580 g/mol. The summed E-state index contributed by atoms with van der Waals surface area (Å²) in [6.45, 7) is 1.54. The van der Waals surface area contributed by atoms with Crippen LogP contribution in [0.25, 0.3) is 6.08 Å². The number of halogens is 4. The van der Waals surface area contributed by atoms with E-state index in [-0.39, 0.29) is 18.1 Å². The summed E-state index contributed by atoms with van der Waals surface area (Å²) in [6, 6.07) is 8.39. The van der Waals surface area contributed by atoms with E-state index in [1.807, 2.05) is 0 Å². The molecule has 1 aliphatic rings. The first-order valence-electron chi connectivity index (χ1n) is 9.16. The van der Waals surface area contributed by atoms with E-state index in [1.54, 1.807) is 37.3 Å². The van der Waals surface area contributed by atoms with E-state index in [0.29, 0.717) is 30.9 Å². The number of amides is 2. The number of thioether (sulfide) groups is 1. The van der Waals surface area contributed by atoms with Gasteiger partial charge in [-0.2, -0.15) is 0 Å². The second-order valence-electron chi connectivity index (χ2n) is 6.41. The fraction of sp³-hybridized carbons (Fsp3) is 0.190. The molecule has 2 aromatic carbocycles. The third kappa shape index (κ3) is 5.99. The maximum atomic E-state index is 12.5. The topological polar surface area (TPSA) is 72.9 Å². The number of imide groups is 1. The highest BCUT2D eigenvalue weighted by atomic mass is 79.9. The van der Waals surface area contributed by atoms with E-state index in [9.17, 15) is 14.4 Å². The zero-order valence-electron chi connectivity index (χ0n) is 16.5. The van der Waals surface area contributed by atoms with E-state index in [2.05, 4.69) is 15.9 Å². The molecule has 0 saturated carbocycles. The van der Waals surface area contributed by atoms with Crippen molar-refractivity contribution >= 4 is 85.7 Å². The molecule has 6 nitrogen and oxygen atoms in total. The summed E-state index contributed by atoms with van der Waals surface area (Å²) in [5, 5.41) is 0.745. The number of rotatable bonds is 7. The molecule has 0 aromatic heterocycles. The quantitative estimate of drug-likeness (QED) is 0.272. The molecule has 11 heteroatoms. The first-order valence-corrected chi connectivity index (χ1v) is 11.9. The summed E-state index contributed by atoms with van der Waals surface area (Å²) in [6.07, 6.45) is 1.52. The maximum Gasteiger partial charge on any atom is 0.326 e. The van der Waals surface area contributed by atoms with Gasteiger partial charge in [-0.05, 0) is 70.5 Å². The second-order valence-corrected chi connectivity index (χ2v) is 9.51. The highest BCUT2D eigenvalue weighted by Crippen LogP contribution is 2.38. The minimum Gasteiger partial charge on any atom is -0.486 e. The van der Waals surface area contributed by atoms with E-state index < -0.39 is 23.7 Å². The normalized spacial score (nSPS) is 14.9. The van der Waals surface area contributed by atoms with Crippen LogP contribution in [0, 0.1) is 0 Å². The van der Waals surface area contributed by atoms with E-state index >= 15 is 0 Å². The SMILES string of the molecule is CCOC(=O)CN1C(=O)S/C(=C/c2cc(Cl)c(OCc3ccc(Cl)cc3Cl)c(Br)c2)C1=O. The van der Waals surface area contributed by atoms with Crippen LogP contribution in [0.4, 0.5) is 4.79 Å². The molecule has 3 rings (SSSR count). The van der Waals surface area contributed by atoms with Crippen LogP contribution in [-0.2, 0) is 20.9 Å². The number of esters is 1. The highest BCUT2D eigenvalue weighted by molar-refractivity contribution is 9.10. The zero-order chi connectivity index (χ0) is 23.4. The molecular formula is C21H15BrCl3NO5S. The van der Waals surface area contributed by atoms with Gasteiger partial charge in [0.25, 0.3) is 11.1 Å². The minimum absolute atomic E-state index is 0.163. The monoisotopic (exact) mass is 577 g/mol. The summed E-state index contributed by atoms with van der Waals surface area (Å²) >= 11 is 22.6. The van der Waals surface area contributed by atoms with Gasteiger partial charge in [-0.1, -0.05) is 40.9 Å². The van der Waals surface area contributed by atoms with Crippen molar-refractivity contribution in [2.24, 2.45) is 0 Å². The lowest BCUT2D eigenvalue weighted by Crippen LogP contribution is -2.34. The Balaban J connectivity index is 1.76. The van der Waals surface area contributed by atoms with Crippen molar-refractivity contribution in [2.75, 3.05) is 13.2 Å². The number of benzene rings is 2. The van der Waals surface area contributed by atoms with Crippen LogP contribution in [-0.4, -0.2) is 35.2 Å². The van der Waals surface area contributed by atoms with Crippen molar-refractivity contribution in [1.29, 1.82) is 0 Å². The van der Waals surface area contributed by atoms with Crippen LogP contribution < -0.4 is 4.74 Å². The number of nitrogens with zero attached hydrogens (tertiary/aromatic N) is 1. The van der Waals surface area contributed by atoms with Gasteiger partial charge in [0.15, 0.2) is 5.75 Å². The van der Waals surface area contributed by atoms with Crippen molar-refractivity contribution in [3.05, 3.63) is 65.9 Å². The molecule has 0 N–H and O–H groups in total. The third-order valence-corrected chi connectivity index (χ3v) is 6.54. The Labute approximate surface area is 211 Å². The molecule has 0 spiro atoms. The molecular weight excluding hydrogens is 565 g/mol. The van der Waals surface area contributed by atoms with Crippen LogP contribution >= 0.6 is 62.5 Å². The molecule has 0 atom stereocenters. The van der Waals surface area contributed by atoms with Crippen molar-refractivity contribution in [3.8, 4) is 5.75 Å². The predicted octanol–water partition coefficient (Wildman–Crippen LogP) is 6.59. The van der Waals surface area contributed by atoms with Crippen molar-refractivity contribution < 1.29 is 23.9 Å². The van der Waals surface area contributed by atoms with Gasteiger partial charge < -0.3 is 9.47 Å². The van der Waals surface area contributed by atoms with Crippen LogP contribution in [0.2, 0.25) is 15.1 Å². The largest absolute Gasteiger partial charge is 0.486 e. The van der Waals surface area contributed by atoms with Gasteiger partial charge in [0.05, 0.1) is 21.0 Å². The van der Waals surface area contributed by atoms with Gasteiger partial charge >= 0.3 is 5.97 Å². The number of hydrogen-bond acceptors (Lipinski definition) is 6. The summed E-state index contributed by atoms with van der Waals surface area (Å²) in [4.78, 5) is 37.3. The first-order chi connectivity index (χ1) is 15.2. The van der Waals surface area contributed by atoms with Crippen LogP contribution in [0.1, 0.15) is 18.1 Å². The average Bonchev–Trinajstić information content (AvgIpc) is 2.96.